The van der Waals surface area contributed by atoms with Crippen LogP contribution in [-0.2, 0) is 29.5 Å². The van der Waals surface area contributed by atoms with Gasteiger partial charge in [0.15, 0.2) is 9.84 Å². The smallest absolute Gasteiger partial charge is 0.151 e. The third-order valence-electron chi connectivity index (χ3n) is 3.96. The summed E-state index contributed by atoms with van der Waals surface area (Å²) in [7, 11) is -2.81. The summed E-state index contributed by atoms with van der Waals surface area (Å²) in [5.74, 6) is 0.650. The van der Waals surface area contributed by atoms with Crippen molar-refractivity contribution in [3.05, 3.63) is 34.9 Å². The van der Waals surface area contributed by atoms with E-state index in [-0.39, 0.29) is 0 Å². The molecule has 5 heteroatoms. The summed E-state index contributed by atoms with van der Waals surface area (Å²) in [6, 6.07) is 6.62. The third kappa shape index (κ3) is 3.16. The van der Waals surface area contributed by atoms with E-state index in [1.54, 1.807) is 0 Å². The summed E-state index contributed by atoms with van der Waals surface area (Å²) in [5.41, 5.74) is 4.07. The van der Waals surface area contributed by atoms with E-state index in [0.717, 1.165) is 32.6 Å². The van der Waals surface area contributed by atoms with Gasteiger partial charge in [-0.2, -0.15) is 0 Å². The first-order chi connectivity index (χ1) is 9.12. The maximum absolute atomic E-state index is 11.6. The van der Waals surface area contributed by atoms with Gasteiger partial charge in [0, 0.05) is 26.2 Å². The first-order valence-electron chi connectivity index (χ1n) is 6.87. The predicted molar refractivity (Wildman–Crippen MR) is 75.5 cm³/mol. The van der Waals surface area contributed by atoms with Gasteiger partial charge >= 0.3 is 0 Å². The molecule has 0 aliphatic carbocycles. The number of rotatable bonds is 2. The van der Waals surface area contributed by atoms with Crippen molar-refractivity contribution in [2.45, 2.75) is 26.1 Å². The van der Waals surface area contributed by atoms with Gasteiger partial charge in [0.2, 0.25) is 0 Å². The Morgan fingerprint density at radius 3 is 2.84 bits per heavy atom. The molecule has 3 rings (SSSR count). The highest BCUT2D eigenvalue weighted by atomic mass is 32.2. The SMILES string of the molecule is O=S1(=O)CCCN(Cc2ccc3c(c2)CNC3)CC1. The number of sulfone groups is 1. The van der Waals surface area contributed by atoms with Crippen molar-refractivity contribution < 1.29 is 8.42 Å². The van der Waals surface area contributed by atoms with E-state index in [9.17, 15) is 8.42 Å². The van der Waals surface area contributed by atoms with E-state index in [2.05, 4.69) is 28.4 Å². The van der Waals surface area contributed by atoms with Crippen LogP contribution in [0.2, 0.25) is 0 Å². The molecule has 1 fully saturated rings. The van der Waals surface area contributed by atoms with Crippen LogP contribution < -0.4 is 5.32 Å². The summed E-state index contributed by atoms with van der Waals surface area (Å²) < 4.78 is 23.2. The van der Waals surface area contributed by atoms with Crippen LogP contribution in [0.5, 0.6) is 0 Å². The number of hydrogen-bond acceptors (Lipinski definition) is 4. The molecule has 0 atom stereocenters. The first kappa shape index (κ1) is 13.1. The Morgan fingerprint density at radius 1 is 1.11 bits per heavy atom. The van der Waals surface area contributed by atoms with Crippen LogP contribution in [0, 0.1) is 0 Å². The lowest BCUT2D eigenvalue weighted by Crippen LogP contribution is -2.26. The van der Waals surface area contributed by atoms with Gasteiger partial charge in [0.1, 0.15) is 0 Å². The quantitative estimate of drug-likeness (QED) is 0.875. The Balaban J connectivity index is 1.68. The highest BCUT2D eigenvalue weighted by Gasteiger charge is 2.19. The molecule has 0 spiro atoms. The summed E-state index contributed by atoms with van der Waals surface area (Å²) >= 11 is 0. The minimum atomic E-state index is -2.81. The molecule has 0 unspecified atom stereocenters. The molecule has 1 aromatic rings. The van der Waals surface area contributed by atoms with E-state index >= 15 is 0 Å². The zero-order valence-electron chi connectivity index (χ0n) is 11.1. The van der Waals surface area contributed by atoms with Crippen LogP contribution in [0.25, 0.3) is 0 Å². The largest absolute Gasteiger partial charge is 0.309 e. The predicted octanol–water partition coefficient (Wildman–Crippen LogP) is 0.910. The van der Waals surface area contributed by atoms with Gasteiger partial charge in [-0.3, -0.25) is 4.90 Å². The minimum Gasteiger partial charge on any atom is -0.309 e. The minimum absolute atomic E-state index is 0.305. The number of hydrogen-bond donors (Lipinski definition) is 1. The number of benzene rings is 1. The second kappa shape index (κ2) is 5.23. The monoisotopic (exact) mass is 280 g/mol. The normalized spacial score (nSPS) is 22.9. The van der Waals surface area contributed by atoms with Crippen molar-refractivity contribution in [1.82, 2.24) is 10.2 Å². The molecule has 0 aromatic heterocycles. The van der Waals surface area contributed by atoms with Gasteiger partial charge in [0.25, 0.3) is 0 Å². The van der Waals surface area contributed by atoms with Gasteiger partial charge in [-0.05, 0) is 29.7 Å². The van der Waals surface area contributed by atoms with Gasteiger partial charge in [-0.25, -0.2) is 8.42 Å². The van der Waals surface area contributed by atoms with Gasteiger partial charge in [-0.15, -0.1) is 0 Å². The van der Waals surface area contributed by atoms with Crippen LogP contribution in [0.4, 0.5) is 0 Å². The fourth-order valence-electron chi connectivity index (χ4n) is 2.85. The van der Waals surface area contributed by atoms with Crippen LogP contribution in [-0.4, -0.2) is 37.9 Å². The van der Waals surface area contributed by atoms with Crippen LogP contribution in [0.3, 0.4) is 0 Å². The third-order valence-corrected chi connectivity index (χ3v) is 5.67. The molecule has 1 saturated heterocycles. The Bertz CT molecular complexity index is 569. The van der Waals surface area contributed by atoms with Crippen LogP contribution >= 0.6 is 0 Å². The van der Waals surface area contributed by atoms with Crippen molar-refractivity contribution in [2.75, 3.05) is 24.6 Å². The van der Waals surface area contributed by atoms with Gasteiger partial charge < -0.3 is 5.32 Å². The molecule has 2 heterocycles. The Hall–Kier alpha value is -0.910. The maximum atomic E-state index is 11.6. The summed E-state index contributed by atoms with van der Waals surface area (Å²) in [5, 5.41) is 3.35. The maximum Gasteiger partial charge on any atom is 0.151 e. The Kier molecular flexibility index (Phi) is 3.60. The van der Waals surface area contributed by atoms with E-state index in [1.165, 1.54) is 16.7 Å². The molecule has 0 bridgehead atoms. The van der Waals surface area contributed by atoms with E-state index in [0.29, 0.717) is 18.1 Å². The molecule has 0 saturated carbocycles. The molecule has 19 heavy (non-hydrogen) atoms. The van der Waals surface area contributed by atoms with Crippen molar-refractivity contribution in [3.63, 3.8) is 0 Å². The second-order valence-corrected chi connectivity index (χ2v) is 7.79. The Morgan fingerprint density at radius 2 is 1.95 bits per heavy atom. The lowest BCUT2D eigenvalue weighted by atomic mass is 10.1. The lowest BCUT2D eigenvalue weighted by Gasteiger charge is -2.19. The average molecular weight is 280 g/mol. The molecule has 2 aliphatic rings. The number of nitrogens with zero attached hydrogens (tertiary/aromatic N) is 1. The topological polar surface area (TPSA) is 49.4 Å². The van der Waals surface area contributed by atoms with Crippen molar-refractivity contribution in [3.8, 4) is 0 Å². The summed E-state index contributed by atoms with van der Waals surface area (Å²) in [6.07, 6.45) is 0.759. The van der Waals surface area contributed by atoms with Crippen molar-refractivity contribution in [1.29, 1.82) is 0 Å². The molecule has 1 N–H and O–H groups in total. The molecule has 0 amide bonds. The molecule has 2 aliphatic heterocycles. The zero-order chi connectivity index (χ0) is 13.3. The fraction of sp³-hybridized carbons (Fsp3) is 0.571. The number of fused-ring (bicyclic) bond motifs is 1. The molecule has 104 valence electrons. The second-order valence-electron chi connectivity index (χ2n) is 5.49. The molecule has 4 nitrogen and oxygen atoms in total. The summed E-state index contributed by atoms with van der Waals surface area (Å²) in [6.45, 7) is 4.34. The number of nitrogens with one attached hydrogen (secondary N) is 1. The standard InChI is InChI=1S/C14H20N2O2S/c17-19(18)6-1-4-16(5-7-19)11-12-2-3-13-9-15-10-14(13)8-12/h2-3,8,15H,1,4-7,9-11H2. The fourth-order valence-corrected chi connectivity index (χ4v) is 4.16. The summed E-state index contributed by atoms with van der Waals surface area (Å²) in [4.78, 5) is 2.26. The van der Waals surface area contributed by atoms with E-state index < -0.39 is 9.84 Å². The molecule has 1 aromatic carbocycles. The van der Waals surface area contributed by atoms with E-state index in [1.807, 2.05) is 0 Å². The van der Waals surface area contributed by atoms with Gasteiger partial charge in [-0.1, -0.05) is 18.2 Å². The van der Waals surface area contributed by atoms with Crippen molar-refractivity contribution in [2.24, 2.45) is 0 Å². The van der Waals surface area contributed by atoms with Crippen molar-refractivity contribution >= 4 is 9.84 Å². The van der Waals surface area contributed by atoms with Crippen LogP contribution in [0.15, 0.2) is 18.2 Å². The van der Waals surface area contributed by atoms with Crippen LogP contribution in [0.1, 0.15) is 23.1 Å². The lowest BCUT2D eigenvalue weighted by molar-refractivity contribution is 0.287. The Labute approximate surface area is 114 Å². The van der Waals surface area contributed by atoms with Gasteiger partial charge in [0.05, 0.1) is 11.5 Å². The first-order valence-corrected chi connectivity index (χ1v) is 8.69. The molecule has 0 radical (unpaired) electrons. The molecular weight excluding hydrogens is 260 g/mol. The highest BCUT2D eigenvalue weighted by molar-refractivity contribution is 7.91. The van der Waals surface area contributed by atoms with E-state index in [4.69, 9.17) is 0 Å². The zero-order valence-corrected chi connectivity index (χ0v) is 11.9. The average Bonchev–Trinajstić information content (AvgIpc) is 2.76. The highest BCUT2D eigenvalue weighted by Crippen LogP contribution is 2.18. The molecular formula is C14H20N2O2S.